The number of aromatic hydroxyl groups is 1. The van der Waals surface area contributed by atoms with Crippen molar-refractivity contribution in [3.63, 3.8) is 0 Å². The van der Waals surface area contributed by atoms with E-state index in [1.807, 2.05) is 31.2 Å². The zero-order chi connectivity index (χ0) is 24.1. The zero-order valence-corrected chi connectivity index (χ0v) is 20.0. The predicted octanol–water partition coefficient (Wildman–Crippen LogP) is 5.78. The molecule has 174 valence electrons. The molecule has 0 spiro atoms. The summed E-state index contributed by atoms with van der Waals surface area (Å²) in [7, 11) is 1.59. The third kappa shape index (κ3) is 3.41. The minimum Gasteiger partial charge on any atom is -0.507 e. The second-order valence-corrected chi connectivity index (χ2v) is 9.00. The van der Waals surface area contributed by atoms with E-state index in [1.165, 1.54) is 0 Å². The second kappa shape index (κ2) is 8.37. The highest BCUT2D eigenvalue weighted by Crippen LogP contribution is 2.46. The third-order valence-corrected chi connectivity index (χ3v) is 7.08. The van der Waals surface area contributed by atoms with Crippen LogP contribution in [0.25, 0.3) is 21.7 Å². The summed E-state index contributed by atoms with van der Waals surface area (Å²) in [6, 6.07) is 12.7. The molecular weight excluding hydrogens is 452 g/mol. The highest BCUT2D eigenvalue weighted by molar-refractivity contribution is 6.19. The lowest BCUT2D eigenvalue weighted by atomic mass is 9.95. The van der Waals surface area contributed by atoms with Crippen molar-refractivity contribution < 1.29 is 19.4 Å². The van der Waals surface area contributed by atoms with Gasteiger partial charge >= 0.3 is 0 Å². The fourth-order valence-corrected chi connectivity index (χ4v) is 5.26. The van der Waals surface area contributed by atoms with Crippen molar-refractivity contribution in [2.24, 2.45) is 0 Å². The number of carbonyl (C=O) groups excluding carboxylic acids is 2. The maximum absolute atomic E-state index is 13.7. The number of alkyl halides is 1. The molecule has 5 rings (SSSR count). The number of phenolic OH excluding ortho intramolecular Hbond substituents is 1. The Hall–Kier alpha value is -3.51. The van der Waals surface area contributed by atoms with E-state index in [9.17, 15) is 14.7 Å². The molecule has 4 aromatic rings. The van der Waals surface area contributed by atoms with Crippen molar-refractivity contribution in [3.8, 4) is 11.5 Å². The van der Waals surface area contributed by atoms with Gasteiger partial charge in [0.15, 0.2) is 5.78 Å². The smallest absolute Gasteiger partial charge is 0.274 e. The second-order valence-electron chi connectivity index (χ2n) is 8.70. The number of nitrogens with zero attached hydrogens (tertiary/aromatic N) is 1. The first-order chi connectivity index (χ1) is 16.4. The summed E-state index contributed by atoms with van der Waals surface area (Å²) in [6.45, 7) is 3.96. The summed E-state index contributed by atoms with van der Waals surface area (Å²) in [6.07, 6.45) is 0.722. The fraction of sp³-hybridized carbons (Fsp3) is 0.259. The SMILES string of the molecule is CCc1cc2[nH]c(C(=O)N3C[C@@H](CCl)c4c3cc(O)c3ccc(OC)cc43)cc2cc1C(C)=O. The minimum absolute atomic E-state index is 0.00373. The van der Waals surface area contributed by atoms with Crippen LogP contribution in [0.4, 0.5) is 5.69 Å². The number of hydrogen-bond donors (Lipinski definition) is 2. The largest absolute Gasteiger partial charge is 0.507 e. The molecule has 0 aliphatic carbocycles. The lowest BCUT2D eigenvalue weighted by molar-refractivity contribution is 0.0982. The minimum atomic E-state index is -0.214. The molecule has 2 heterocycles. The molecular formula is C27H25ClN2O4. The van der Waals surface area contributed by atoms with Crippen molar-refractivity contribution in [3.05, 3.63) is 64.8 Å². The van der Waals surface area contributed by atoms with E-state index in [1.54, 1.807) is 37.1 Å². The number of ketones is 1. The maximum Gasteiger partial charge on any atom is 0.274 e. The molecule has 3 aromatic carbocycles. The number of amides is 1. The van der Waals surface area contributed by atoms with Crippen molar-refractivity contribution in [1.82, 2.24) is 4.98 Å². The van der Waals surface area contributed by atoms with Gasteiger partial charge in [-0.1, -0.05) is 6.92 Å². The molecule has 6 nitrogen and oxygen atoms in total. The van der Waals surface area contributed by atoms with Gasteiger partial charge in [0.1, 0.15) is 17.2 Å². The molecule has 0 fully saturated rings. The van der Waals surface area contributed by atoms with Crippen LogP contribution in [0.1, 0.15) is 51.7 Å². The topological polar surface area (TPSA) is 82.6 Å². The summed E-state index contributed by atoms with van der Waals surface area (Å²) >= 11 is 6.34. The molecule has 2 N–H and O–H groups in total. The number of aromatic nitrogens is 1. The number of aromatic amines is 1. The van der Waals surface area contributed by atoms with E-state index in [4.69, 9.17) is 16.3 Å². The number of carbonyl (C=O) groups is 2. The predicted molar refractivity (Wildman–Crippen MR) is 135 cm³/mol. The van der Waals surface area contributed by atoms with Crippen LogP contribution in [0.2, 0.25) is 0 Å². The van der Waals surface area contributed by atoms with Gasteiger partial charge in [0, 0.05) is 46.3 Å². The lowest BCUT2D eigenvalue weighted by Gasteiger charge is -2.17. The normalized spacial score (nSPS) is 15.2. The van der Waals surface area contributed by atoms with E-state index in [0.29, 0.717) is 40.5 Å². The third-order valence-electron chi connectivity index (χ3n) is 6.71. The number of hydrogen-bond acceptors (Lipinski definition) is 4. The van der Waals surface area contributed by atoms with Crippen LogP contribution in [-0.2, 0) is 6.42 Å². The molecule has 0 bridgehead atoms. The van der Waals surface area contributed by atoms with E-state index >= 15 is 0 Å². The Morgan fingerprint density at radius 1 is 1.18 bits per heavy atom. The summed E-state index contributed by atoms with van der Waals surface area (Å²) in [5, 5.41) is 13.1. The molecule has 0 radical (unpaired) electrons. The van der Waals surface area contributed by atoms with Gasteiger partial charge in [0.2, 0.25) is 0 Å². The van der Waals surface area contributed by atoms with Crippen LogP contribution >= 0.6 is 11.6 Å². The van der Waals surface area contributed by atoms with Gasteiger partial charge in [-0.25, -0.2) is 0 Å². The Kier molecular flexibility index (Phi) is 5.48. The number of H-pyrrole nitrogens is 1. The molecule has 34 heavy (non-hydrogen) atoms. The van der Waals surface area contributed by atoms with Gasteiger partial charge < -0.3 is 19.7 Å². The number of nitrogens with one attached hydrogen (secondary N) is 1. The van der Waals surface area contributed by atoms with E-state index in [0.717, 1.165) is 33.8 Å². The zero-order valence-electron chi connectivity index (χ0n) is 19.2. The first-order valence-electron chi connectivity index (χ1n) is 11.2. The molecule has 1 aliphatic heterocycles. The van der Waals surface area contributed by atoms with Gasteiger partial charge in [-0.2, -0.15) is 0 Å². The number of halogens is 1. The number of benzene rings is 3. The molecule has 1 atom stereocenters. The number of phenols is 1. The fourth-order valence-electron chi connectivity index (χ4n) is 5.01. The van der Waals surface area contributed by atoms with Crippen molar-refractivity contribution in [2.45, 2.75) is 26.2 Å². The summed E-state index contributed by atoms with van der Waals surface area (Å²) in [4.78, 5) is 30.6. The van der Waals surface area contributed by atoms with Gasteiger partial charge in [-0.15, -0.1) is 11.6 Å². The number of Topliss-reactive ketones (excluding diaryl/α,β-unsaturated/α-hetero) is 1. The number of fused-ring (bicyclic) bond motifs is 4. The molecule has 1 aliphatic rings. The van der Waals surface area contributed by atoms with E-state index in [-0.39, 0.29) is 23.4 Å². The lowest BCUT2D eigenvalue weighted by Crippen LogP contribution is -2.30. The van der Waals surface area contributed by atoms with E-state index < -0.39 is 0 Å². The Labute approximate surface area is 202 Å². The van der Waals surface area contributed by atoms with Crippen molar-refractivity contribution in [1.29, 1.82) is 0 Å². The number of ether oxygens (including phenoxy) is 1. The monoisotopic (exact) mass is 476 g/mol. The first kappa shape index (κ1) is 22.3. The van der Waals surface area contributed by atoms with Gasteiger partial charge in [-0.05, 0) is 66.3 Å². The Morgan fingerprint density at radius 2 is 1.97 bits per heavy atom. The molecule has 1 aromatic heterocycles. The van der Waals surface area contributed by atoms with Crippen LogP contribution in [0.5, 0.6) is 11.5 Å². The van der Waals surface area contributed by atoms with Gasteiger partial charge in [0.05, 0.1) is 12.8 Å². The summed E-state index contributed by atoms with van der Waals surface area (Å²) in [5.41, 5.74) is 4.42. The molecule has 0 saturated carbocycles. The number of methoxy groups -OCH3 is 1. The van der Waals surface area contributed by atoms with Gasteiger partial charge in [-0.3, -0.25) is 9.59 Å². The van der Waals surface area contributed by atoms with Crippen LogP contribution in [-0.4, -0.2) is 41.3 Å². The quantitative estimate of drug-likeness (QED) is 0.282. The average Bonchev–Trinajstić information content (AvgIpc) is 3.43. The first-order valence-corrected chi connectivity index (χ1v) is 11.8. The highest BCUT2D eigenvalue weighted by Gasteiger charge is 2.35. The van der Waals surface area contributed by atoms with Crippen LogP contribution in [0, 0.1) is 0 Å². The molecule has 7 heteroatoms. The van der Waals surface area contributed by atoms with Crippen LogP contribution in [0.15, 0.2) is 42.5 Å². The van der Waals surface area contributed by atoms with Crippen LogP contribution in [0.3, 0.4) is 0 Å². The van der Waals surface area contributed by atoms with E-state index in [2.05, 4.69) is 4.98 Å². The number of rotatable bonds is 5. The number of anilines is 1. The summed E-state index contributed by atoms with van der Waals surface area (Å²) in [5.74, 6) is 0.804. The highest BCUT2D eigenvalue weighted by atomic mass is 35.5. The molecule has 0 unspecified atom stereocenters. The average molecular weight is 477 g/mol. The van der Waals surface area contributed by atoms with Crippen molar-refractivity contribution in [2.75, 3.05) is 24.4 Å². The maximum atomic E-state index is 13.7. The van der Waals surface area contributed by atoms with Crippen molar-refractivity contribution >= 4 is 50.7 Å². The summed E-state index contributed by atoms with van der Waals surface area (Å²) < 4.78 is 5.39. The van der Waals surface area contributed by atoms with Gasteiger partial charge in [0.25, 0.3) is 5.91 Å². The number of aryl methyl sites for hydroxylation is 1. The standard InChI is InChI=1S/C27H25ClN2O4/c1-4-15-8-22-16(7-20(15)14(2)31)9-23(29-22)27(33)30-13-17(12-28)26-21-10-18(34-3)5-6-19(21)25(32)11-24(26)30/h5-11,17,29,32H,4,12-13H2,1-3H3/t17-/m1/s1. The Bertz CT molecular complexity index is 1470. The molecule has 0 saturated heterocycles. The van der Waals surface area contributed by atoms with Crippen LogP contribution < -0.4 is 9.64 Å². The Balaban J connectivity index is 1.63. The molecule has 1 amide bonds. The Morgan fingerprint density at radius 3 is 2.65 bits per heavy atom.